The van der Waals surface area contributed by atoms with Gasteiger partial charge in [0.1, 0.15) is 0 Å². The van der Waals surface area contributed by atoms with Gasteiger partial charge >= 0.3 is 0 Å². The Morgan fingerprint density at radius 1 is 1.11 bits per heavy atom. The number of carbonyl (C=O) groups is 2. The Kier molecular flexibility index (Phi) is 4.54. The molecule has 2 aromatic carbocycles. The van der Waals surface area contributed by atoms with E-state index in [1.54, 1.807) is 24.0 Å². The van der Waals surface area contributed by atoms with Crippen molar-refractivity contribution in [2.24, 2.45) is 0 Å². The predicted octanol–water partition coefficient (Wildman–Crippen LogP) is 3.07. The monoisotopic (exact) mass is 361 g/mol. The Bertz CT molecular complexity index is 964. The van der Waals surface area contributed by atoms with E-state index >= 15 is 0 Å². The Labute approximate surface area is 156 Å². The molecule has 1 unspecified atom stereocenters. The zero-order valence-electron chi connectivity index (χ0n) is 15.0. The SMILES string of the molecule is Cc1noc(CC2CC(=O)CN2C(=O)c2ccc(-c3ccccc3)cc2)n1. The maximum absolute atomic E-state index is 13.0. The van der Waals surface area contributed by atoms with Gasteiger partial charge < -0.3 is 9.42 Å². The highest BCUT2D eigenvalue weighted by Crippen LogP contribution is 2.23. The zero-order valence-corrected chi connectivity index (χ0v) is 15.0. The summed E-state index contributed by atoms with van der Waals surface area (Å²) in [5.41, 5.74) is 2.70. The van der Waals surface area contributed by atoms with Gasteiger partial charge in [0.15, 0.2) is 11.6 Å². The van der Waals surface area contributed by atoms with Crippen LogP contribution in [-0.4, -0.2) is 39.3 Å². The highest BCUT2D eigenvalue weighted by molar-refractivity contribution is 5.99. The molecule has 6 nitrogen and oxygen atoms in total. The summed E-state index contributed by atoms with van der Waals surface area (Å²) < 4.78 is 5.15. The Morgan fingerprint density at radius 2 is 1.81 bits per heavy atom. The van der Waals surface area contributed by atoms with Crippen molar-refractivity contribution in [3.63, 3.8) is 0 Å². The summed E-state index contributed by atoms with van der Waals surface area (Å²) in [6, 6.07) is 17.2. The lowest BCUT2D eigenvalue weighted by molar-refractivity contribution is -0.116. The van der Waals surface area contributed by atoms with E-state index in [0.717, 1.165) is 11.1 Å². The molecular weight excluding hydrogens is 342 g/mol. The zero-order chi connectivity index (χ0) is 18.8. The Morgan fingerprint density at radius 3 is 2.48 bits per heavy atom. The molecule has 0 bridgehead atoms. The fourth-order valence-corrected chi connectivity index (χ4v) is 3.40. The number of likely N-dealkylation sites (tertiary alicyclic amines) is 1. The summed E-state index contributed by atoms with van der Waals surface area (Å²) in [5, 5.41) is 3.77. The smallest absolute Gasteiger partial charge is 0.254 e. The lowest BCUT2D eigenvalue weighted by Gasteiger charge is -2.22. The van der Waals surface area contributed by atoms with Gasteiger partial charge in [0, 0.05) is 24.4 Å². The van der Waals surface area contributed by atoms with Crippen molar-refractivity contribution in [3.05, 3.63) is 71.9 Å². The van der Waals surface area contributed by atoms with E-state index < -0.39 is 0 Å². The number of benzene rings is 2. The lowest BCUT2D eigenvalue weighted by atomic mass is 10.0. The standard InChI is InChI=1S/C21H19N3O3/c1-14-22-20(27-23-14)12-18-11-19(25)13-24(18)21(26)17-9-7-16(8-10-17)15-5-3-2-4-6-15/h2-10,18H,11-13H2,1H3. The summed E-state index contributed by atoms with van der Waals surface area (Å²) in [6.07, 6.45) is 0.704. The number of aryl methyl sites for hydroxylation is 1. The quantitative estimate of drug-likeness (QED) is 0.714. The molecule has 136 valence electrons. The van der Waals surface area contributed by atoms with Crippen LogP contribution in [-0.2, 0) is 11.2 Å². The molecular formula is C21H19N3O3. The van der Waals surface area contributed by atoms with E-state index in [-0.39, 0.29) is 24.3 Å². The van der Waals surface area contributed by atoms with Crippen molar-refractivity contribution < 1.29 is 14.1 Å². The molecule has 0 aliphatic carbocycles. The minimum atomic E-state index is -0.251. The van der Waals surface area contributed by atoms with Gasteiger partial charge in [-0.1, -0.05) is 47.6 Å². The van der Waals surface area contributed by atoms with Crippen molar-refractivity contribution in [3.8, 4) is 11.1 Å². The van der Waals surface area contributed by atoms with E-state index in [4.69, 9.17) is 4.52 Å². The Balaban J connectivity index is 1.52. The fourth-order valence-electron chi connectivity index (χ4n) is 3.40. The average molecular weight is 361 g/mol. The number of aromatic nitrogens is 2. The number of hydrogen-bond acceptors (Lipinski definition) is 5. The number of ketones is 1. The van der Waals surface area contributed by atoms with Crippen molar-refractivity contribution in [1.29, 1.82) is 0 Å². The van der Waals surface area contributed by atoms with Crippen molar-refractivity contribution >= 4 is 11.7 Å². The molecule has 0 spiro atoms. The summed E-state index contributed by atoms with van der Waals surface area (Å²) >= 11 is 0. The van der Waals surface area contributed by atoms with Gasteiger partial charge in [-0.3, -0.25) is 9.59 Å². The van der Waals surface area contributed by atoms with Crippen LogP contribution in [0.15, 0.2) is 59.1 Å². The molecule has 4 rings (SSSR count). The third-order valence-corrected chi connectivity index (χ3v) is 4.73. The van der Waals surface area contributed by atoms with Crippen molar-refractivity contribution in [1.82, 2.24) is 15.0 Å². The topological polar surface area (TPSA) is 76.3 Å². The molecule has 1 aliphatic rings. The molecule has 1 amide bonds. The molecule has 1 aliphatic heterocycles. The number of Topliss-reactive ketones (excluding diaryl/α,β-unsaturated/α-hetero) is 1. The van der Waals surface area contributed by atoms with E-state index in [9.17, 15) is 9.59 Å². The number of nitrogens with zero attached hydrogens (tertiary/aromatic N) is 3. The molecule has 6 heteroatoms. The van der Waals surface area contributed by atoms with Crippen LogP contribution < -0.4 is 0 Å². The van der Waals surface area contributed by atoms with Crippen LogP contribution in [0.3, 0.4) is 0 Å². The van der Waals surface area contributed by atoms with Crippen LogP contribution in [0.25, 0.3) is 11.1 Å². The summed E-state index contributed by atoms with van der Waals surface area (Å²) in [5.74, 6) is 0.889. The molecule has 3 aromatic rings. The molecule has 1 saturated heterocycles. The molecule has 2 heterocycles. The molecule has 0 N–H and O–H groups in total. The van der Waals surface area contributed by atoms with Crippen LogP contribution in [0.5, 0.6) is 0 Å². The highest BCUT2D eigenvalue weighted by atomic mass is 16.5. The minimum absolute atomic E-state index is 0.0468. The lowest BCUT2D eigenvalue weighted by Crippen LogP contribution is -2.37. The number of amides is 1. The summed E-state index contributed by atoms with van der Waals surface area (Å²) in [6.45, 7) is 1.86. The van der Waals surface area contributed by atoms with Crippen LogP contribution in [0, 0.1) is 6.92 Å². The van der Waals surface area contributed by atoms with E-state index in [0.29, 0.717) is 30.1 Å². The van der Waals surface area contributed by atoms with Gasteiger partial charge in [-0.2, -0.15) is 4.98 Å². The van der Waals surface area contributed by atoms with Crippen LogP contribution in [0.2, 0.25) is 0 Å². The van der Waals surface area contributed by atoms with Crippen molar-refractivity contribution in [2.75, 3.05) is 6.54 Å². The third-order valence-electron chi connectivity index (χ3n) is 4.73. The highest BCUT2D eigenvalue weighted by Gasteiger charge is 2.35. The van der Waals surface area contributed by atoms with Gasteiger partial charge in [-0.05, 0) is 30.2 Å². The van der Waals surface area contributed by atoms with Gasteiger partial charge in [0.05, 0.1) is 6.54 Å². The first-order valence-electron chi connectivity index (χ1n) is 8.87. The first kappa shape index (κ1) is 17.1. The van der Waals surface area contributed by atoms with Gasteiger partial charge in [-0.25, -0.2) is 0 Å². The maximum Gasteiger partial charge on any atom is 0.254 e. The van der Waals surface area contributed by atoms with Crippen LogP contribution >= 0.6 is 0 Å². The first-order chi connectivity index (χ1) is 13.1. The second-order valence-corrected chi connectivity index (χ2v) is 6.71. The molecule has 1 atom stereocenters. The maximum atomic E-state index is 13.0. The second-order valence-electron chi connectivity index (χ2n) is 6.71. The van der Waals surface area contributed by atoms with Crippen molar-refractivity contribution in [2.45, 2.75) is 25.8 Å². The normalized spacial score (nSPS) is 16.7. The van der Waals surface area contributed by atoms with Gasteiger partial charge in [0.25, 0.3) is 5.91 Å². The third kappa shape index (κ3) is 3.65. The molecule has 27 heavy (non-hydrogen) atoms. The van der Waals surface area contributed by atoms with Gasteiger partial charge in [0.2, 0.25) is 5.89 Å². The fraction of sp³-hybridized carbons (Fsp3) is 0.238. The van der Waals surface area contributed by atoms with E-state index in [1.807, 2.05) is 42.5 Å². The minimum Gasteiger partial charge on any atom is -0.339 e. The Hall–Kier alpha value is -3.28. The van der Waals surface area contributed by atoms with Crippen LogP contribution in [0.4, 0.5) is 0 Å². The second kappa shape index (κ2) is 7.15. The number of rotatable bonds is 4. The first-order valence-corrected chi connectivity index (χ1v) is 8.87. The van der Waals surface area contributed by atoms with E-state index in [1.165, 1.54) is 0 Å². The van der Waals surface area contributed by atoms with Crippen LogP contribution in [0.1, 0.15) is 28.5 Å². The molecule has 0 radical (unpaired) electrons. The molecule has 1 aromatic heterocycles. The number of hydrogen-bond donors (Lipinski definition) is 0. The average Bonchev–Trinajstić information content (AvgIpc) is 3.27. The van der Waals surface area contributed by atoms with Gasteiger partial charge in [-0.15, -0.1) is 0 Å². The number of carbonyl (C=O) groups excluding carboxylic acids is 2. The summed E-state index contributed by atoms with van der Waals surface area (Å²) in [7, 11) is 0. The molecule has 1 fully saturated rings. The molecule has 0 saturated carbocycles. The van der Waals surface area contributed by atoms with E-state index in [2.05, 4.69) is 10.1 Å². The largest absolute Gasteiger partial charge is 0.339 e. The predicted molar refractivity (Wildman–Crippen MR) is 99.1 cm³/mol. The summed E-state index contributed by atoms with van der Waals surface area (Å²) in [4.78, 5) is 30.7.